The summed E-state index contributed by atoms with van der Waals surface area (Å²) in [6, 6.07) is 15.9. The van der Waals surface area contributed by atoms with Gasteiger partial charge >= 0.3 is 0 Å². The van der Waals surface area contributed by atoms with E-state index in [0.29, 0.717) is 35.2 Å². The van der Waals surface area contributed by atoms with Gasteiger partial charge in [-0.2, -0.15) is 0 Å². The van der Waals surface area contributed by atoms with Crippen molar-refractivity contribution in [2.24, 2.45) is 13.0 Å². The van der Waals surface area contributed by atoms with Crippen LogP contribution in [0.1, 0.15) is 79.5 Å². The van der Waals surface area contributed by atoms with E-state index in [1.54, 1.807) is 22.8 Å². The molecule has 5 heterocycles. The van der Waals surface area contributed by atoms with Crippen LogP contribution < -0.4 is 26.0 Å². The Bertz CT molecular complexity index is 2170. The van der Waals surface area contributed by atoms with Crippen LogP contribution in [0.4, 0.5) is 35.9 Å². The number of rotatable bonds is 8. The molecule has 12 heteroatoms. The van der Waals surface area contributed by atoms with Crippen LogP contribution in [0.3, 0.4) is 0 Å². The number of alkyl halides is 2. The quantitative estimate of drug-likeness (QED) is 0.182. The molecule has 0 radical (unpaired) electrons. The highest BCUT2D eigenvalue weighted by Crippen LogP contribution is 2.42. The number of likely N-dealkylation sites (tertiary alicyclic amines) is 1. The molecule has 3 fully saturated rings. The van der Waals surface area contributed by atoms with Crippen molar-refractivity contribution < 1.29 is 22.8 Å². The molecule has 3 saturated heterocycles. The Kier molecular flexibility index (Phi) is 10.4. The zero-order valence-corrected chi connectivity index (χ0v) is 31.6. The molecular weight excluding hydrogens is 706 g/mol. The van der Waals surface area contributed by atoms with Gasteiger partial charge in [-0.3, -0.25) is 19.7 Å². The molecule has 0 spiro atoms. The summed E-state index contributed by atoms with van der Waals surface area (Å²) in [6.45, 7) is 7.03. The maximum Gasteiger partial charge on any atom is 0.263 e. The molecule has 2 amide bonds. The lowest BCUT2D eigenvalue weighted by Gasteiger charge is -2.39. The number of halogens is 3. The molecule has 2 N–H and O–H groups in total. The molecule has 55 heavy (non-hydrogen) atoms. The van der Waals surface area contributed by atoms with Crippen LogP contribution in [0.5, 0.6) is 0 Å². The van der Waals surface area contributed by atoms with Crippen molar-refractivity contribution in [3.8, 4) is 0 Å². The molecule has 0 aliphatic carbocycles. The Morgan fingerprint density at radius 3 is 2.35 bits per heavy atom. The zero-order valence-electron chi connectivity index (χ0n) is 31.6. The maximum absolute atomic E-state index is 15.3. The lowest BCUT2D eigenvalue weighted by Crippen LogP contribution is -2.47. The van der Waals surface area contributed by atoms with E-state index in [9.17, 15) is 23.2 Å². The molecule has 1 atom stereocenters. The lowest BCUT2D eigenvalue weighted by atomic mass is 9.86. The minimum Gasteiger partial charge on any atom is -0.374 e. The first-order valence-corrected chi connectivity index (χ1v) is 19.7. The van der Waals surface area contributed by atoms with E-state index in [4.69, 9.17) is 0 Å². The number of piperidine rings is 3. The minimum atomic E-state index is -2.55. The van der Waals surface area contributed by atoms with Crippen molar-refractivity contribution in [1.82, 2.24) is 14.8 Å². The van der Waals surface area contributed by atoms with Crippen LogP contribution in [0.2, 0.25) is 0 Å². The summed E-state index contributed by atoms with van der Waals surface area (Å²) in [6.07, 6.45) is 3.78. The third-order valence-corrected chi connectivity index (χ3v) is 12.4. The van der Waals surface area contributed by atoms with E-state index >= 15 is 4.39 Å². The summed E-state index contributed by atoms with van der Waals surface area (Å²) in [4.78, 5) is 43.6. The minimum absolute atomic E-state index is 0.0233. The van der Waals surface area contributed by atoms with Crippen molar-refractivity contribution in [1.29, 1.82) is 0 Å². The number of aryl methyl sites for hydroxylation is 3. The lowest BCUT2D eigenvalue weighted by molar-refractivity contribution is -0.133. The van der Waals surface area contributed by atoms with Crippen molar-refractivity contribution in [2.45, 2.75) is 76.7 Å². The number of pyridine rings is 1. The average molecular weight is 755 g/mol. The van der Waals surface area contributed by atoms with Gasteiger partial charge in [0, 0.05) is 67.5 Å². The molecule has 0 saturated carbocycles. The molecule has 290 valence electrons. The first-order valence-electron chi connectivity index (χ1n) is 19.7. The SMILES string of the molecule is Cc1cc2c(N3CCCc4ccc(C(F)F)cc43)cc(C3CCN(CC4CCN(c5ccc(NC6CCC(=O)NC6=O)cc5F)CC4)CC3)cc2n(C)c1=O. The molecule has 4 aliphatic heterocycles. The molecular formula is C43H49F3N6O3. The van der Waals surface area contributed by atoms with Crippen molar-refractivity contribution in [3.63, 3.8) is 0 Å². The number of imide groups is 1. The van der Waals surface area contributed by atoms with Crippen molar-refractivity contribution >= 4 is 45.5 Å². The smallest absolute Gasteiger partial charge is 0.263 e. The van der Waals surface area contributed by atoms with Crippen LogP contribution in [-0.4, -0.2) is 66.6 Å². The van der Waals surface area contributed by atoms with Gasteiger partial charge in [-0.15, -0.1) is 0 Å². The van der Waals surface area contributed by atoms with E-state index in [-0.39, 0.29) is 35.2 Å². The molecule has 9 nitrogen and oxygen atoms in total. The zero-order chi connectivity index (χ0) is 38.4. The van der Waals surface area contributed by atoms with Crippen LogP contribution >= 0.6 is 0 Å². The van der Waals surface area contributed by atoms with E-state index < -0.39 is 12.5 Å². The number of carbonyl (C=O) groups is 2. The first-order chi connectivity index (χ1) is 26.5. The monoisotopic (exact) mass is 754 g/mol. The van der Waals surface area contributed by atoms with Gasteiger partial charge in [0.1, 0.15) is 11.9 Å². The number of anilines is 4. The highest BCUT2D eigenvalue weighted by Gasteiger charge is 2.30. The average Bonchev–Trinajstić information content (AvgIpc) is 3.18. The van der Waals surface area contributed by atoms with Crippen LogP contribution in [0.25, 0.3) is 10.9 Å². The van der Waals surface area contributed by atoms with Crippen LogP contribution in [-0.2, 0) is 23.1 Å². The number of aromatic nitrogens is 1. The highest BCUT2D eigenvalue weighted by molar-refractivity contribution is 6.01. The highest BCUT2D eigenvalue weighted by atomic mass is 19.3. The van der Waals surface area contributed by atoms with Crippen molar-refractivity contribution in [2.75, 3.05) is 54.4 Å². The third kappa shape index (κ3) is 7.57. The normalized spacial score (nSPS) is 20.3. The van der Waals surface area contributed by atoms with E-state index in [2.05, 4.69) is 37.5 Å². The van der Waals surface area contributed by atoms with E-state index in [1.807, 2.05) is 26.1 Å². The fraction of sp³-hybridized carbons (Fsp3) is 0.465. The Morgan fingerprint density at radius 2 is 1.62 bits per heavy atom. The van der Waals surface area contributed by atoms with Crippen LogP contribution in [0, 0.1) is 18.7 Å². The number of amides is 2. The first kappa shape index (κ1) is 37.1. The van der Waals surface area contributed by atoms with E-state index in [1.165, 1.54) is 17.7 Å². The second-order valence-electron chi connectivity index (χ2n) is 15.9. The summed E-state index contributed by atoms with van der Waals surface area (Å²) in [5.41, 5.74) is 6.67. The Labute approximate surface area is 319 Å². The summed E-state index contributed by atoms with van der Waals surface area (Å²) in [5.74, 6) is -0.162. The number of carbonyl (C=O) groups excluding carboxylic acids is 2. The number of nitrogens with zero attached hydrogens (tertiary/aromatic N) is 4. The van der Waals surface area contributed by atoms with Gasteiger partial charge < -0.3 is 24.6 Å². The number of hydrogen-bond acceptors (Lipinski definition) is 7. The Morgan fingerprint density at radius 1 is 0.836 bits per heavy atom. The van der Waals surface area contributed by atoms with Gasteiger partial charge in [0.05, 0.1) is 16.9 Å². The molecule has 1 unspecified atom stereocenters. The Hall–Kier alpha value is -4.84. The van der Waals surface area contributed by atoms with Gasteiger partial charge in [0.2, 0.25) is 11.8 Å². The maximum atomic E-state index is 15.3. The summed E-state index contributed by atoms with van der Waals surface area (Å²) in [7, 11) is 1.82. The summed E-state index contributed by atoms with van der Waals surface area (Å²) < 4.78 is 44.7. The van der Waals surface area contributed by atoms with Crippen LogP contribution in [0.15, 0.2) is 59.4 Å². The topological polar surface area (TPSA) is 89.9 Å². The Balaban J connectivity index is 0.921. The summed E-state index contributed by atoms with van der Waals surface area (Å²) in [5, 5.41) is 6.35. The van der Waals surface area contributed by atoms with Gasteiger partial charge in [-0.1, -0.05) is 12.1 Å². The summed E-state index contributed by atoms with van der Waals surface area (Å²) >= 11 is 0. The molecule has 4 aromatic rings. The fourth-order valence-electron chi connectivity index (χ4n) is 9.21. The van der Waals surface area contributed by atoms with Gasteiger partial charge in [0.15, 0.2) is 0 Å². The number of hydrogen-bond donors (Lipinski definition) is 2. The molecule has 8 rings (SSSR count). The standard InChI is InChI=1S/C43H49F3N6O3/c1-26-20-33-38(49(2)43(26)55)22-31(23-39(33)52-15-3-4-29-5-6-30(41(45)46)21-37(29)52)28-13-16-50(17-14-28)25-27-11-18-51(19-12-27)36-9-7-32(24-34(36)44)47-35-8-10-40(53)48-42(35)54/h5-7,9,20-24,27-28,35,41,47H,3-4,8,10-19,25H2,1-2H3,(H,48,53,54). The molecule has 4 aliphatic rings. The van der Waals surface area contributed by atoms with Gasteiger partial charge in [0.25, 0.3) is 12.0 Å². The number of benzene rings is 3. The third-order valence-electron chi connectivity index (χ3n) is 12.4. The second-order valence-corrected chi connectivity index (χ2v) is 15.9. The van der Waals surface area contributed by atoms with E-state index in [0.717, 1.165) is 106 Å². The number of nitrogens with one attached hydrogen (secondary N) is 2. The molecule has 1 aromatic heterocycles. The van der Waals surface area contributed by atoms with Gasteiger partial charge in [-0.05, 0) is 130 Å². The predicted octanol–water partition coefficient (Wildman–Crippen LogP) is 7.32. The molecule has 0 bridgehead atoms. The second kappa shape index (κ2) is 15.4. The van der Waals surface area contributed by atoms with Crippen molar-refractivity contribution in [3.05, 3.63) is 93.0 Å². The van der Waals surface area contributed by atoms with Gasteiger partial charge in [-0.25, -0.2) is 13.2 Å². The number of fused-ring (bicyclic) bond motifs is 2. The largest absolute Gasteiger partial charge is 0.374 e. The predicted molar refractivity (Wildman–Crippen MR) is 210 cm³/mol. The molecule has 3 aromatic carbocycles. The fourth-order valence-corrected chi connectivity index (χ4v) is 9.21.